The molecule has 0 spiro atoms. The molecule has 1 fully saturated rings. The fourth-order valence-electron chi connectivity index (χ4n) is 1.09. The van der Waals surface area contributed by atoms with E-state index in [4.69, 9.17) is 30.1 Å². The van der Waals surface area contributed by atoms with Gasteiger partial charge in [-0.25, -0.2) is 0 Å². The lowest BCUT2D eigenvalue weighted by Crippen LogP contribution is -2.33. The summed E-state index contributed by atoms with van der Waals surface area (Å²) in [5, 5.41) is 18.2. The Kier molecular flexibility index (Phi) is 4.83. The summed E-state index contributed by atoms with van der Waals surface area (Å²) in [5.74, 6) is 0. The van der Waals surface area contributed by atoms with Crippen LogP contribution in [0.25, 0.3) is 0 Å². The Morgan fingerprint density at radius 2 is 2.38 bits per heavy atom. The number of hydrogen-bond acceptors (Lipinski definition) is 5. The Morgan fingerprint density at radius 1 is 1.69 bits per heavy atom. The van der Waals surface area contributed by atoms with Crippen molar-refractivity contribution in [2.45, 2.75) is 18.3 Å². The van der Waals surface area contributed by atoms with E-state index in [9.17, 15) is 5.11 Å². The predicted octanol–water partition coefficient (Wildman–Crippen LogP) is 0.236. The summed E-state index contributed by atoms with van der Waals surface area (Å²) in [6, 6.07) is 0. The van der Waals surface area contributed by atoms with E-state index in [1.165, 1.54) is 7.11 Å². The first-order valence-corrected chi connectivity index (χ1v) is 5.84. The minimum absolute atomic E-state index is 0.152. The maximum atomic E-state index is 9.37. The van der Waals surface area contributed by atoms with E-state index in [-0.39, 0.29) is 13.2 Å². The highest BCUT2D eigenvalue weighted by Gasteiger charge is 2.38. The van der Waals surface area contributed by atoms with E-state index in [0.717, 1.165) is 0 Å². The molecule has 1 saturated heterocycles. The molecule has 4 atom stereocenters. The molecule has 2 N–H and O–H groups in total. The Hall–Kier alpha value is 0.520. The first-order valence-electron chi connectivity index (χ1n) is 3.76. The van der Waals surface area contributed by atoms with Crippen molar-refractivity contribution in [3.63, 3.8) is 0 Å². The van der Waals surface area contributed by atoms with Crippen LogP contribution in [0.15, 0.2) is 0 Å². The standard InChI is InChI=1S/C6H12ClO5P/c1-10-13(7)12-6-4(9)3-11-5(6)2-8/h4-6,8-9H,2-3H2,1H3/t4-,5+,6-,13?/m0/s1. The van der Waals surface area contributed by atoms with Gasteiger partial charge in [0.15, 0.2) is 0 Å². The lowest BCUT2D eigenvalue weighted by Gasteiger charge is -2.20. The zero-order valence-electron chi connectivity index (χ0n) is 7.09. The van der Waals surface area contributed by atoms with Gasteiger partial charge in [-0.1, -0.05) is 0 Å². The molecule has 0 bridgehead atoms. The quantitative estimate of drug-likeness (QED) is 0.677. The van der Waals surface area contributed by atoms with Gasteiger partial charge in [-0.2, -0.15) is 0 Å². The van der Waals surface area contributed by atoms with Crippen LogP contribution >= 0.6 is 19.0 Å². The van der Waals surface area contributed by atoms with E-state index < -0.39 is 26.0 Å². The lowest BCUT2D eigenvalue weighted by atomic mass is 10.2. The van der Waals surface area contributed by atoms with Crippen molar-refractivity contribution in [3.8, 4) is 0 Å². The molecule has 1 unspecified atom stereocenters. The van der Waals surface area contributed by atoms with Crippen LogP contribution < -0.4 is 0 Å². The molecule has 0 aromatic rings. The van der Waals surface area contributed by atoms with E-state index >= 15 is 0 Å². The van der Waals surface area contributed by atoms with E-state index in [0.29, 0.717) is 0 Å². The number of halogens is 1. The molecule has 7 heteroatoms. The molecule has 0 aliphatic carbocycles. The molecule has 5 nitrogen and oxygen atoms in total. The van der Waals surface area contributed by atoms with Crippen molar-refractivity contribution in [2.75, 3.05) is 20.3 Å². The topological polar surface area (TPSA) is 68.2 Å². The average molecular weight is 231 g/mol. The van der Waals surface area contributed by atoms with Gasteiger partial charge in [0, 0.05) is 7.11 Å². The largest absolute Gasteiger partial charge is 0.394 e. The van der Waals surface area contributed by atoms with E-state index in [1.807, 2.05) is 0 Å². The molecule has 1 aliphatic heterocycles. The van der Waals surface area contributed by atoms with Crippen molar-refractivity contribution >= 4 is 19.0 Å². The first-order chi connectivity index (χ1) is 6.19. The smallest absolute Gasteiger partial charge is 0.276 e. The third-order valence-corrected chi connectivity index (χ3v) is 3.10. The molecule has 1 heterocycles. The SMILES string of the molecule is COP(Cl)O[C@H]1[C@@H](O)CO[C@@H]1CO. The summed E-state index contributed by atoms with van der Waals surface area (Å²) in [6.45, 7) is -0.0504. The molecular weight excluding hydrogens is 218 g/mol. The Bertz CT molecular complexity index is 160. The molecule has 0 radical (unpaired) electrons. The summed E-state index contributed by atoms with van der Waals surface area (Å²) in [6.07, 6.45) is -1.88. The fraction of sp³-hybridized carbons (Fsp3) is 1.00. The minimum atomic E-state index is -1.53. The third kappa shape index (κ3) is 2.99. The van der Waals surface area contributed by atoms with Crippen molar-refractivity contribution in [1.82, 2.24) is 0 Å². The summed E-state index contributed by atoms with van der Waals surface area (Å²) < 4.78 is 14.9. The van der Waals surface area contributed by atoms with E-state index in [2.05, 4.69) is 0 Å². The van der Waals surface area contributed by atoms with Crippen LogP contribution in [-0.4, -0.2) is 48.8 Å². The average Bonchev–Trinajstić information content (AvgIpc) is 2.48. The molecule has 0 amide bonds. The van der Waals surface area contributed by atoms with Crippen molar-refractivity contribution in [1.29, 1.82) is 0 Å². The van der Waals surface area contributed by atoms with Gasteiger partial charge in [0.05, 0.1) is 13.2 Å². The molecule has 1 rings (SSSR count). The maximum Gasteiger partial charge on any atom is 0.276 e. The first kappa shape index (κ1) is 11.6. The summed E-state index contributed by atoms with van der Waals surface area (Å²) >= 11 is 5.60. The summed E-state index contributed by atoms with van der Waals surface area (Å²) in [7, 11) is -0.116. The highest BCUT2D eigenvalue weighted by molar-refractivity contribution is 7.76. The highest BCUT2D eigenvalue weighted by Crippen LogP contribution is 2.45. The number of rotatable bonds is 4. The maximum absolute atomic E-state index is 9.37. The lowest BCUT2D eigenvalue weighted by molar-refractivity contribution is 0.00801. The van der Waals surface area contributed by atoms with Gasteiger partial charge in [0.25, 0.3) is 7.73 Å². The molecule has 1 aliphatic rings. The van der Waals surface area contributed by atoms with Crippen LogP contribution in [-0.2, 0) is 13.8 Å². The molecule has 0 aromatic heterocycles. The van der Waals surface area contributed by atoms with Crippen LogP contribution in [0.1, 0.15) is 0 Å². The van der Waals surface area contributed by atoms with Crippen LogP contribution in [0, 0.1) is 0 Å². The minimum Gasteiger partial charge on any atom is -0.394 e. The van der Waals surface area contributed by atoms with Gasteiger partial charge in [-0.15, -0.1) is 0 Å². The molecule has 0 aromatic carbocycles. The van der Waals surface area contributed by atoms with Crippen molar-refractivity contribution in [3.05, 3.63) is 0 Å². The number of hydrogen-bond donors (Lipinski definition) is 2. The second-order valence-corrected chi connectivity index (χ2v) is 4.42. The third-order valence-electron chi connectivity index (χ3n) is 1.75. The van der Waals surface area contributed by atoms with Crippen LogP contribution in [0.5, 0.6) is 0 Å². The zero-order chi connectivity index (χ0) is 9.84. The Morgan fingerprint density at radius 3 is 2.92 bits per heavy atom. The number of aliphatic hydroxyl groups excluding tert-OH is 2. The van der Waals surface area contributed by atoms with Crippen molar-refractivity contribution in [2.24, 2.45) is 0 Å². The second kappa shape index (κ2) is 5.41. The second-order valence-electron chi connectivity index (χ2n) is 2.59. The van der Waals surface area contributed by atoms with Gasteiger partial charge < -0.3 is 24.0 Å². The van der Waals surface area contributed by atoms with Gasteiger partial charge >= 0.3 is 0 Å². The Balaban J connectivity index is 2.44. The van der Waals surface area contributed by atoms with Gasteiger partial charge in [-0.05, 0) is 11.2 Å². The van der Waals surface area contributed by atoms with Crippen molar-refractivity contribution < 1.29 is 24.0 Å². The monoisotopic (exact) mass is 230 g/mol. The van der Waals surface area contributed by atoms with Crippen LogP contribution in [0.4, 0.5) is 0 Å². The number of aliphatic hydroxyl groups is 2. The van der Waals surface area contributed by atoms with Gasteiger partial charge in [0.2, 0.25) is 0 Å². The molecule has 78 valence electrons. The Labute approximate surface area is 82.3 Å². The highest BCUT2D eigenvalue weighted by atomic mass is 35.7. The molecule has 13 heavy (non-hydrogen) atoms. The normalized spacial score (nSPS) is 36.5. The molecule has 0 saturated carbocycles. The van der Waals surface area contributed by atoms with Crippen LogP contribution in [0.2, 0.25) is 0 Å². The summed E-state index contributed by atoms with van der Waals surface area (Å²) in [5.41, 5.74) is 0. The van der Waals surface area contributed by atoms with E-state index in [1.54, 1.807) is 0 Å². The molecular formula is C6H12ClO5P. The van der Waals surface area contributed by atoms with Gasteiger partial charge in [0.1, 0.15) is 18.3 Å². The zero-order valence-corrected chi connectivity index (χ0v) is 8.74. The van der Waals surface area contributed by atoms with Gasteiger partial charge in [-0.3, -0.25) is 0 Å². The summed E-state index contributed by atoms with van der Waals surface area (Å²) in [4.78, 5) is 0. The fourth-order valence-corrected chi connectivity index (χ4v) is 1.92. The number of ether oxygens (including phenoxy) is 1. The predicted molar refractivity (Wildman–Crippen MR) is 47.5 cm³/mol. The van der Waals surface area contributed by atoms with Crippen LogP contribution in [0.3, 0.4) is 0 Å².